The summed E-state index contributed by atoms with van der Waals surface area (Å²) >= 11 is 0. The van der Waals surface area contributed by atoms with E-state index < -0.39 is 17.7 Å². The van der Waals surface area contributed by atoms with Gasteiger partial charge in [-0.15, -0.1) is 0 Å². The number of anilines is 1. The molecule has 0 spiro atoms. The Labute approximate surface area is 205 Å². The maximum Gasteiger partial charge on any atom is 0.300 e. The molecule has 1 saturated heterocycles. The molecular weight excluding hydrogens is 440 g/mol. The van der Waals surface area contributed by atoms with E-state index in [1.807, 2.05) is 38.1 Å². The zero-order valence-electron chi connectivity index (χ0n) is 20.5. The summed E-state index contributed by atoms with van der Waals surface area (Å²) in [7, 11) is 0. The third kappa shape index (κ3) is 4.69. The number of carbonyl (C=O) groups is 2. The van der Waals surface area contributed by atoms with Gasteiger partial charge in [0, 0.05) is 23.6 Å². The zero-order valence-corrected chi connectivity index (χ0v) is 20.5. The Balaban J connectivity index is 1.84. The van der Waals surface area contributed by atoms with Gasteiger partial charge in [-0.3, -0.25) is 19.5 Å². The molecule has 35 heavy (non-hydrogen) atoms. The third-order valence-electron chi connectivity index (χ3n) is 6.19. The average molecular weight is 471 g/mol. The fourth-order valence-electron chi connectivity index (χ4n) is 4.30. The molecule has 0 bridgehead atoms. The van der Waals surface area contributed by atoms with Crippen LogP contribution < -0.4 is 9.64 Å². The minimum Gasteiger partial charge on any atom is -0.507 e. The average Bonchev–Trinajstić information content (AvgIpc) is 3.13. The molecule has 2 aromatic carbocycles. The highest BCUT2D eigenvalue weighted by molar-refractivity contribution is 6.51. The lowest BCUT2D eigenvalue weighted by Crippen LogP contribution is -2.29. The molecule has 1 fully saturated rings. The van der Waals surface area contributed by atoms with Crippen LogP contribution in [0.15, 0.2) is 72.6 Å². The van der Waals surface area contributed by atoms with Crippen LogP contribution in [0, 0.1) is 6.92 Å². The van der Waals surface area contributed by atoms with Crippen LogP contribution in [0.3, 0.4) is 0 Å². The normalized spacial score (nSPS) is 17.3. The molecule has 1 aliphatic heterocycles. The highest BCUT2D eigenvalue weighted by Crippen LogP contribution is 2.42. The minimum atomic E-state index is -0.801. The minimum absolute atomic E-state index is 0.0394. The van der Waals surface area contributed by atoms with Crippen molar-refractivity contribution in [3.63, 3.8) is 0 Å². The van der Waals surface area contributed by atoms with Gasteiger partial charge in [-0.25, -0.2) is 0 Å². The highest BCUT2D eigenvalue weighted by atomic mass is 16.5. The van der Waals surface area contributed by atoms with Gasteiger partial charge in [0.05, 0.1) is 18.2 Å². The largest absolute Gasteiger partial charge is 0.507 e. The number of amides is 1. The standard InChI is InChI=1S/C29H30N2O4/c1-5-15-35-24-13-10-21(16-19(24)4)27(32)25-26(22-7-6-14-30-17-22)31(29(34)28(25)33)23-11-8-20(9-12-23)18(2)3/h6-14,16-18,26,32H,5,15H2,1-4H3/b27-25-. The van der Waals surface area contributed by atoms with Crippen LogP contribution in [-0.2, 0) is 9.59 Å². The van der Waals surface area contributed by atoms with Crippen LogP contribution in [0.2, 0.25) is 0 Å². The van der Waals surface area contributed by atoms with Gasteiger partial charge in [0.25, 0.3) is 11.7 Å². The molecule has 1 aliphatic rings. The Hall–Kier alpha value is -3.93. The number of Topliss-reactive ketones (excluding diaryl/α,β-unsaturated/α-hetero) is 1. The van der Waals surface area contributed by atoms with E-state index in [-0.39, 0.29) is 11.3 Å². The molecule has 1 atom stereocenters. The molecular formula is C29H30N2O4. The van der Waals surface area contributed by atoms with Crippen molar-refractivity contribution in [3.05, 3.63) is 94.8 Å². The summed E-state index contributed by atoms with van der Waals surface area (Å²) in [5.41, 5.74) is 3.68. The molecule has 1 aromatic heterocycles. The van der Waals surface area contributed by atoms with Crippen molar-refractivity contribution in [2.75, 3.05) is 11.5 Å². The number of benzene rings is 2. The number of pyridine rings is 1. The van der Waals surface area contributed by atoms with E-state index >= 15 is 0 Å². The maximum absolute atomic E-state index is 13.3. The van der Waals surface area contributed by atoms with E-state index in [0.717, 1.165) is 23.3 Å². The Bertz CT molecular complexity index is 1260. The van der Waals surface area contributed by atoms with Crippen molar-refractivity contribution in [1.82, 2.24) is 4.98 Å². The highest BCUT2D eigenvalue weighted by Gasteiger charge is 2.47. The predicted molar refractivity (Wildman–Crippen MR) is 137 cm³/mol. The number of ether oxygens (including phenoxy) is 1. The lowest BCUT2D eigenvalue weighted by atomic mass is 9.95. The molecule has 1 N–H and O–H groups in total. The quantitative estimate of drug-likeness (QED) is 0.263. The van der Waals surface area contributed by atoms with Gasteiger partial charge in [0.1, 0.15) is 11.5 Å². The first-order chi connectivity index (χ1) is 16.8. The van der Waals surface area contributed by atoms with Gasteiger partial charge in [0.15, 0.2) is 0 Å². The van der Waals surface area contributed by atoms with E-state index in [2.05, 4.69) is 18.8 Å². The number of aliphatic hydroxyl groups is 1. The van der Waals surface area contributed by atoms with Crippen molar-refractivity contribution in [2.24, 2.45) is 0 Å². The summed E-state index contributed by atoms with van der Waals surface area (Å²) in [5, 5.41) is 11.3. The second kappa shape index (κ2) is 10.1. The SMILES string of the molecule is CCCOc1ccc(/C(O)=C2/C(=O)C(=O)N(c3ccc(C(C)C)cc3)C2c2cccnc2)cc1C. The van der Waals surface area contributed by atoms with Crippen molar-refractivity contribution in [2.45, 2.75) is 46.1 Å². The van der Waals surface area contributed by atoms with Gasteiger partial charge in [-0.1, -0.05) is 39.0 Å². The van der Waals surface area contributed by atoms with Gasteiger partial charge >= 0.3 is 0 Å². The molecule has 3 aromatic rings. The lowest BCUT2D eigenvalue weighted by Gasteiger charge is -2.25. The number of nitrogens with zero attached hydrogens (tertiary/aromatic N) is 2. The number of aromatic nitrogens is 1. The molecule has 180 valence electrons. The fourth-order valence-corrected chi connectivity index (χ4v) is 4.30. The second-order valence-corrected chi connectivity index (χ2v) is 9.03. The van der Waals surface area contributed by atoms with Crippen LogP contribution in [0.4, 0.5) is 5.69 Å². The number of hydrogen-bond acceptors (Lipinski definition) is 5. The molecule has 0 radical (unpaired) electrons. The molecule has 2 heterocycles. The first kappa shape index (κ1) is 24.2. The van der Waals surface area contributed by atoms with Gasteiger partial charge < -0.3 is 9.84 Å². The summed E-state index contributed by atoms with van der Waals surface area (Å²) in [6.45, 7) is 8.70. The lowest BCUT2D eigenvalue weighted by molar-refractivity contribution is -0.132. The molecule has 6 heteroatoms. The third-order valence-corrected chi connectivity index (χ3v) is 6.19. The van der Waals surface area contributed by atoms with Crippen LogP contribution in [0.1, 0.15) is 61.4 Å². The maximum atomic E-state index is 13.3. The Morgan fingerprint density at radius 2 is 1.86 bits per heavy atom. The Kier molecular flexibility index (Phi) is 7.01. The number of hydrogen-bond donors (Lipinski definition) is 1. The topological polar surface area (TPSA) is 79.7 Å². The van der Waals surface area contributed by atoms with Crippen LogP contribution in [-0.4, -0.2) is 28.4 Å². The van der Waals surface area contributed by atoms with E-state index in [1.165, 1.54) is 4.90 Å². The molecule has 6 nitrogen and oxygen atoms in total. The predicted octanol–water partition coefficient (Wildman–Crippen LogP) is 5.93. The van der Waals surface area contributed by atoms with Crippen molar-refractivity contribution in [3.8, 4) is 5.75 Å². The van der Waals surface area contributed by atoms with Crippen LogP contribution >= 0.6 is 0 Å². The van der Waals surface area contributed by atoms with E-state index in [9.17, 15) is 14.7 Å². The van der Waals surface area contributed by atoms with Crippen LogP contribution in [0.25, 0.3) is 5.76 Å². The Morgan fingerprint density at radius 3 is 2.46 bits per heavy atom. The van der Waals surface area contributed by atoms with Gasteiger partial charge in [-0.05, 0) is 72.4 Å². The fraction of sp³-hybridized carbons (Fsp3) is 0.276. The number of aliphatic hydroxyl groups excluding tert-OH is 1. The Morgan fingerprint density at radius 1 is 1.11 bits per heavy atom. The molecule has 0 saturated carbocycles. The smallest absolute Gasteiger partial charge is 0.300 e. The van der Waals surface area contributed by atoms with Crippen molar-refractivity contribution < 1.29 is 19.4 Å². The van der Waals surface area contributed by atoms with Crippen molar-refractivity contribution >= 4 is 23.1 Å². The van der Waals surface area contributed by atoms with Crippen LogP contribution in [0.5, 0.6) is 5.75 Å². The summed E-state index contributed by atoms with van der Waals surface area (Å²) in [6.07, 6.45) is 4.13. The van der Waals surface area contributed by atoms with Crippen molar-refractivity contribution in [1.29, 1.82) is 0 Å². The number of ketones is 1. The molecule has 0 aliphatic carbocycles. The van der Waals surface area contributed by atoms with E-state index in [1.54, 1.807) is 42.7 Å². The number of carbonyl (C=O) groups excluding carboxylic acids is 2. The molecule has 1 unspecified atom stereocenters. The monoisotopic (exact) mass is 470 g/mol. The zero-order chi connectivity index (χ0) is 25.1. The number of aryl methyl sites for hydroxylation is 1. The summed E-state index contributed by atoms with van der Waals surface area (Å²) in [5.74, 6) is -0.576. The summed E-state index contributed by atoms with van der Waals surface area (Å²) in [4.78, 5) is 32.2. The number of rotatable bonds is 7. The van der Waals surface area contributed by atoms with Gasteiger partial charge in [-0.2, -0.15) is 0 Å². The first-order valence-electron chi connectivity index (χ1n) is 11.9. The first-order valence-corrected chi connectivity index (χ1v) is 11.9. The second-order valence-electron chi connectivity index (χ2n) is 9.03. The summed E-state index contributed by atoms with van der Waals surface area (Å²) < 4.78 is 5.74. The van der Waals surface area contributed by atoms with Gasteiger partial charge in [0.2, 0.25) is 0 Å². The van der Waals surface area contributed by atoms with E-state index in [4.69, 9.17) is 4.74 Å². The van der Waals surface area contributed by atoms with E-state index in [0.29, 0.717) is 29.3 Å². The molecule has 4 rings (SSSR count). The molecule has 1 amide bonds. The summed E-state index contributed by atoms with van der Waals surface area (Å²) in [6, 6.07) is 15.6.